The van der Waals surface area contributed by atoms with Crippen LogP contribution >= 0.6 is 11.8 Å². The van der Waals surface area contributed by atoms with Gasteiger partial charge in [0.15, 0.2) is 0 Å². The van der Waals surface area contributed by atoms with Gasteiger partial charge in [-0.05, 0) is 25.5 Å². The van der Waals surface area contributed by atoms with E-state index in [1.54, 1.807) is 6.20 Å². The summed E-state index contributed by atoms with van der Waals surface area (Å²) < 4.78 is 35.8. The number of aryl methyl sites for hydroxylation is 1. The molecule has 0 spiro atoms. The first-order chi connectivity index (χ1) is 7.38. The highest BCUT2D eigenvalue weighted by molar-refractivity contribution is 7.99. The maximum Gasteiger partial charge on any atom is 0.389 e. The molecule has 1 unspecified atom stereocenters. The van der Waals surface area contributed by atoms with E-state index in [-0.39, 0.29) is 11.0 Å². The molecule has 1 aromatic rings. The fourth-order valence-electron chi connectivity index (χ4n) is 1.17. The number of alkyl halides is 3. The van der Waals surface area contributed by atoms with Crippen molar-refractivity contribution in [3.63, 3.8) is 0 Å². The van der Waals surface area contributed by atoms with Crippen molar-refractivity contribution in [2.45, 2.75) is 31.7 Å². The van der Waals surface area contributed by atoms with Gasteiger partial charge in [-0.1, -0.05) is 6.07 Å². The Bertz CT molecular complexity index is 321. The lowest BCUT2D eigenvalue weighted by Gasteiger charge is -2.12. The second-order valence-electron chi connectivity index (χ2n) is 3.61. The fraction of sp³-hybridized carbons (Fsp3) is 0.545. The van der Waals surface area contributed by atoms with Crippen LogP contribution in [0.1, 0.15) is 29.9 Å². The minimum atomic E-state index is -4.06. The van der Waals surface area contributed by atoms with Crippen LogP contribution in [0.25, 0.3) is 0 Å². The summed E-state index contributed by atoms with van der Waals surface area (Å²) in [4.78, 5) is 4.12. The zero-order chi connectivity index (χ0) is 12.2. The van der Waals surface area contributed by atoms with Crippen molar-refractivity contribution < 1.29 is 13.2 Å². The predicted octanol–water partition coefficient (Wildman–Crippen LogP) is 4.14. The summed E-state index contributed by atoms with van der Waals surface area (Å²) in [7, 11) is 0. The molecule has 0 bridgehead atoms. The minimum absolute atomic E-state index is 0.0513. The highest BCUT2D eigenvalue weighted by atomic mass is 32.2. The molecule has 0 aliphatic rings. The second-order valence-corrected chi connectivity index (χ2v) is 5.06. The van der Waals surface area contributed by atoms with Gasteiger partial charge in [0.05, 0.1) is 6.42 Å². The summed E-state index contributed by atoms with van der Waals surface area (Å²) in [5, 5.41) is 0.0513. The highest BCUT2D eigenvalue weighted by Gasteiger charge is 2.26. The molecule has 0 aliphatic carbocycles. The van der Waals surface area contributed by atoms with Gasteiger partial charge in [0.2, 0.25) is 0 Å². The third-order valence-electron chi connectivity index (χ3n) is 2.16. The van der Waals surface area contributed by atoms with Gasteiger partial charge in [0.25, 0.3) is 0 Å². The van der Waals surface area contributed by atoms with Crippen molar-refractivity contribution in [1.82, 2.24) is 4.98 Å². The summed E-state index contributed by atoms with van der Waals surface area (Å²) >= 11 is 1.30. The standard InChI is InChI=1S/C11H14F3NS/c1-8-3-4-10(7-15-8)9(2)16-6-5-11(12,13)14/h3-4,7,9H,5-6H2,1-2H3. The molecule has 1 atom stereocenters. The highest BCUT2D eigenvalue weighted by Crippen LogP contribution is 2.31. The molecule has 0 aromatic carbocycles. The molecule has 0 amide bonds. The molecule has 16 heavy (non-hydrogen) atoms. The number of nitrogens with zero attached hydrogens (tertiary/aromatic N) is 1. The molecule has 0 radical (unpaired) electrons. The average Bonchev–Trinajstić information content (AvgIpc) is 2.16. The summed E-state index contributed by atoms with van der Waals surface area (Å²) in [6, 6.07) is 3.78. The Morgan fingerprint density at radius 1 is 1.38 bits per heavy atom. The molecule has 90 valence electrons. The zero-order valence-corrected chi connectivity index (χ0v) is 10.0. The van der Waals surface area contributed by atoms with E-state index >= 15 is 0 Å². The van der Waals surface area contributed by atoms with Crippen LogP contribution in [0.5, 0.6) is 0 Å². The van der Waals surface area contributed by atoms with Crippen LogP contribution in [0.3, 0.4) is 0 Å². The summed E-state index contributed by atoms with van der Waals surface area (Å²) in [6.45, 7) is 3.78. The first kappa shape index (κ1) is 13.4. The molecule has 0 N–H and O–H groups in total. The van der Waals surface area contributed by atoms with E-state index in [4.69, 9.17) is 0 Å². The molecule has 1 nitrogen and oxygen atoms in total. The SMILES string of the molecule is Cc1ccc(C(C)SCCC(F)(F)F)cn1. The topological polar surface area (TPSA) is 12.9 Å². The van der Waals surface area contributed by atoms with Gasteiger partial charge in [-0.15, -0.1) is 0 Å². The minimum Gasteiger partial charge on any atom is -0.261 e. The number of hydrogen-bond acceptors (Lipinski definition) is 2. The third kappa shape index (κ3) is 4.88. The van der Waals surface area contributed by atoms with Crippen molar-refractivity contribution in [3.8, 4) is 0 Å². The van der Waals surface area contributed by atoms with Crippen molar-refractivity contribution in [2.24, 2.45) is 0 Å². The van der Waals surface area contributed by atoms with Gasteiger partial charge in [-0.3, -0.25) is 4.98 Å². The Morgan fingerprint density at radius 3 is 2.56 bits per heavy atom. The molecule has 1 heterocycles. The number of thioether (sulfide) groups is 1. The molecule has 0 aliphatic heterocycles. The molecule has 0 saturated heterocycles. The van der Waals surface area contributed by atoms with Gasteiger partial charge in [-0.2, -0.15) is 24.9 Å². The summed E-state index contributed by atoms with van der Waals surface area (Å²) in [5.74, 6) is 0.0958. The number of rotatable bonds is 4. The lowest BCUT2D eigenvalue weighted by Crippen LogP contribution is -2.08. The third-order valence-corrected chi connectivity index (χ3v) is 3.37. The van der Waals surface area contributed by atoms with Gasteiger partial charge >= 0.3 is 6.18 Å². The van der Waals surface area contributed by atoms with E-state index in [9.17, 15) is 13.2 Å². The number of halogens is 3. The van der Waals surface area contributed by atoms with Crippen LogP contribution in [0, 0.1) is 6.92 Å². The lowest BCUT2D eigenvalue weighted by molar-refractivity contribution is -0.129. The first-order valence-electron chi connectivity index (χ1n) is 4.99. The van der Waals surface area contributed by atoms with E-state index in [0.29, 0.717) is 0 Å². The number of pyridine rings is 1. The Balaban J connectivity index is 2.41. The van der Waals surface area contributed by atoms with Crippen molar-refractivity contribution in [3.05, 3.63) is 29.6 Å². The maximum absolute atomic E-state index is 11.9. The fourth-order valence-corrected chi connectivity index (χ4v) is 2.20. The van der Waals surface area contributed by atoms with Crippen molar-refractivity contribution >= 4 is 11.8 Å². The van der Waals surface area contributed by atoms with E-state index in [1.807, 2.05) is 26.0 Å². The summed E-state index contributed by atoms with van der Waals surface area (Å²) in [5.41, 5.74) is 1.88. The summed E-state index contributed by atoms with van der Waals surface area (Å²) in [6.07, 6.45) is -3.07. The van der Waals surface area contributed by atoms with Crippen LogP contribution in [0.2, 0.25) is 0 Å². The predicted molar refractivity (Wildman–Crippen MR) is 60.5 cm³/mol. The van der Waals surface area contributed by atoms with E-state index in [1.165, 1.54) is 11.8 Å². The zero-order valence-electron chi connectivity index (χ0n) is 9.21. The Hall–Kier alpha value is -0.710. The van der Waals surface area contributed by atoms with Gasteiger partial charge < -0.3 is 0 Å². The van der Waals surface area contributed by atoms with Gasteiger partial charge in [0.1, 0.15) is 0 Å². The second kappa shape index (κ2) is 5.57. The maximum atomic E-state index is 11.9. The van der Waals surface area contributed by atoms with Crippen molar-refractivity contribution in [1.29, 1.82) is 0 Å². The van der Waals surface area contributed by atoms with Crippen LogP contribution < -0.4 is 0 Å². The lowest BCUT2D eigenvalue weighted by atomic mass is 10.2. The monoisotopic (exact) mass is 249 g/mol. The normalized spacial score (nSPS) is 13.8. The molecular formula is C11H14F3NS. The Morgan fingerprint density at radius 2 is 2.06 bits per heavy atom. The largest absolute Gasteiger partial charge is 0.389 e. The smallest absolute Gasteiger partial charge is 0.261 e. The van der Waals surface area contributed by atoms with Crippen molar-refractivity contribution in [2.75, 3.05) is 5.75 Å². The number of hydrogen-bond donors (Lipinski definition) is 0. The average molecular weight is 249 g/mol. The van der Waals surface area contributed by atoms with E-state index in [2.05, 4.69) is 4.98 Å². The molecule has 0 saturated carbocycles. The molecular weight excluding hydrogens is 235 g/mol. The quantitative estimate of drug-likeness (QED) is 0.795. The first-order valence-corrected chi connectivity index (χ1v) is 6.04. The van der Waals surface area contributed by atoms with Crippen LogP contribution in [0.4, 0.5) is 13.2 Å². The Labute approximate surface area is 97.5 Å². The van der Waals surface area contributed by atoms with Gasteiger partial charge in [0, 0.05) is 22.9 Å². The molecule has 1 rings (SSSR count). The molecule has 5 heteroatoms. The molecule has 0 fully saturated rings. The van der Waals surface area contributed by atoms with Crippen LogP contribution in [-0.4, -0.2) is 16.9 Å². The van der Waals surface area contributed by atoms with Crippen LogP contribution in [0.15, 0.2) is 18.3 Å². The van der Waals surface area contributed by atoms with Crippen LogP contribution in [-0.2, 0) is 0 Å². The van der Waals surface area contributed by atoms with E-state index < -0.39 is 12.6 Å². The Kier molecular flexibility index (Phi) is 4.65. The molecule has 1 aromatic heterocycles. The van der Waals surface area contributed by atoms with Gasteiger partial charge in [-0.25, -0.2) is 0 Å². The number of aromatic nitrogens is 1. The van der Waals surface area contributed by atoms with E-state index in [0.717, 1.165) is 11.3 Å².